The molecule has 1 rings (SSSR count). The van der Waals surface area contributed by atoms with Gasteiger partial charge in [-0.2, -0.15) is 8.42 Å². The highest BCUT2D eigenvalue weighted by molar-refractivity contribution is 7.86. The molecule has 0 fully saturated rings. The fraction of sp³-hybridized carbons (Fsp3) is 0.100. The first kappa shape index (κ1) is 12.4. The molecule has 0 heterocycles. The first-order chi connectivity index (χ1) is 7.49. The molecule has 6 heteroatoms. The van der Waals surface area contributed by atoms with Gasteiger partial charge in [0.15, 0.2) is 0 Å². The quantitative estimate of drug-likeness (QED) is 0.634. The van der Waals surface area contributed by atoms with E-state index in [1.165, 1.54) is 24.3 Å². The zero-order chi connectivity index (χ0) is 12.2. The van der Waals surface area contributed by atoms with Crippen molar-refractivity contribution in [1.82, 2.24) is 0 Å². The van der Waals surface area contributed by atoms with Gasteiger partial charge in [0.1, 0.15) is 0 Å². The van der Waals surface area contributed by atoms with Gasteiger partial charge in [0.05, 0.1) is 12.0 Å². The summed E-state index contributed by atoms with van der Waals surface area (Å²) in [5.74, 6) is -0.359. The minimum Gasteiger partial charge on any atom is -0.323 e. The molecular weight excluding hydrogens is 230 g/mol. The number of amides is 1. The monoisotopic (exact) mass is 241 g/mol. The van der Waals surface area contributed by atoms with Crippen LogP contribution >= 0.6 is 0 Å². The first-order valence-electron chi connectivity index (χ1n) is 4.33. The summed E-state index contributed by atoms with van der Waals surface area (Å²) in [5.41, 5.74) is 0.486. The van der Waals surface area contributed by atoms with Crippen LogP contribution < -0.4 is 5.32 Å². The van der Waals surface area contributed by atoms with Crippen molar-refractivity contribution in [2.24, 2.45) is 0 Å². The third-order valence-corrected chi connectivity index (χ3v) is 3.10. The molecule has 0 unspecified atom stereocenters. The number of carbonyl (C=O) groups is 1. The van der Waals surface area contributed by atoms with Gasteiger partial charge in [-0.25, -0.2) is 0 Å². The SMILES string of the molecule is C=CC(=O)Nc1ccc(S(=O)(=O)OC)cc1. The highest BCUT2D eigenvalue weighted by Gasteiger charge is 2.12. The Morgan fingerprint density at radius 2 is 1.94 bits per heavy atom. The average Bonchev–Trinajstić information content (AvgIpc) is 2.29. The maximum atomic E-state index is 11.3. The van der Waals surface area contributed by atoms with Crippen molar-refractivity contribution in [3.05, 3.63) is 36.9 Å². The molecule has 0 aromatic heterocycles. The summed E-state index contributed by atoms with van der Waals surface area (Å²) in [6.45, 7) is 3.30. The van der Waals surface area contributed by atoms with Crippen LogP contribution in [0.15, 0.2) is 41.8 Å². The molecule has 1 aromatic carbocycles. The Morgan fingerprint density at radius 1 is 1.38 bits per heavy atom. The van der Waals surface area contributed by atoms with Crippen LogP contribution in [-0.2, 0) is 19.1 Å². The molecule has 0 bridgehead atoms. The lowest BCUT2D eigenvalue weighted by atomic mass is 10.3. The van der Waals surface area contributed by atoms with E-state index in [-0.39, 0.29) is 10.8 Å². The van der Waals surface area contributed by atoms with Gasteiger partial charge in [-0.1, -0.05) is 6.58 Å². The number of nitrogens with one attached hydrogen (secondary N) is 1. The van der Waals surface area contributed by atoms with Gasteiger partial charge in [-0.05, 0) is 30.3 Å². The van der Waals surface area contributed by atoms with Crippen LogP contribution in [0.4, 0.5) is 5.69 Å². The number of benzene rings is 1. The van der Waals surface area contributed by atoms with Crippen LogP contribution in [0.2, 0.25) is 0 Å². The van der Waals surface area contributed by atoms with Gasteiger partial charge in [0.25, 0.3) is 10.1 Å². The molecule has 16 heavy (non-hydrogen) atoms. The van der Waals surface area contributed by atoms with Crippen LogP contribution in [-0.4, -0.2) is 21.4 Å². The molecule has 0 atom stereocenters. The number of hydrogen-bond acceptors (Lipinski definition) is 4. The number of carbonyl (C=O) groups excluding carboxylic acids is 1. The van der Waals surface area contributed by atoms with Crippen molar-refractivity contribution >= 4 is 21.7 Å². The first-order valence-corrected chi connectivity index (χ1v) is 5.74. The van der Waals surface area contributed by atoms with Crippen molar-refractivity contribution in [3.63, 3.8) is 0 Å². The molecule has 0 aliphatic heterocycles. The minimum atomic E-state index is -3.68. The Balaban J connectivity index is 2.92. The average molecular weight is 241 g/mol. The van der Waals surface area contributed by atoms with Crippen LogP contribution in [0.25, 0.3) is 0 Å². The highest BCUT2D eigenvalue weighted by Crippen LogP contribution is 2.15. The summed E-state index contributed by atoms with van der Waals surface area (Å²) < 4.78 is 26.9. The topological polar surface area (TPSA) is 72.5 Å². The van der Waals surface area contributed by atoms with E-state index in [0.717, 1.165) is 13.2 Å². The summed E-state index contributed by atoms with van der Waals surface area (Å²) in [6, 6.07) is 5.62. The Kier molecular flexibility index (Phi) is 3.81. The fourth-order valence-electron chi connectivity index (χ4n) is 0.994. The maximum absolute atomic E-state index is 11.3. The zero-order valence-corrected chi connectivity index (χ0v) is 9.45. The lowest BCUT2D eigenvalue weighted by molar-refractivity contribution is -0.111. The Hall–Kier alpha value is -1.66. The van der Waals surface area contributed by atoms with Crippen LogP contribution in [0.1, 0.15) is 0 Å². The van der Waals surface area contributed by atoms with Gasteiger partial charge in [-0.15, -0.1) is 0 Å². The van der Waals surface area contributed by atoms with Crippen molar-refractivity contribution in [2.45, 2.75) is 4.90 Å². The Bertz CT molecular complexity index is 490. The summed E-state index contributed by atoms with van der Waals surface area (Å²) in [7, 11) is -2.60. The van der Waals surface area contributed by atoms with E-state index >= 15 is 0 Å². The van der Waals surface area contributed by atoms with Gasteiger partial charge >= 0.3 is 0 Å². The standard InChI is InChI=1S/C10H11NO4S/c1-3-10(12)11-8-4-6-9(7-5-8)16(13,14)15-2/h3-7H,1H2,2H3,(H,11,12). The summed E-state index contributed by atoms with van der Waals surface area (Å²) in [5, 5.41) is 2.50. The molecule has 0 saturated heterocycles. The van der Waals surface area contributed by atoms with Crippen LogP contribution in [0.3, 0.4) is 0 Å². The molecule has 1 amide bonds. The summed E-state index contributed by atoms with van der Waals surface area (Å²) in [6.07, 6.45) is 1.12. The fourth-order valence-corrected chi connectivity index (χ4v) is 1.66. The number of anilines is 1. The smallest absolute Gasteiger partial charge is 0.296 e. The molecule has 1 aromatic rings. The maximum Gasteiger partial charge on any atom is 0.296 e. The number of hydrogen-bond donors (Lipinski definition) is 1. The molecule has 0 radical (unpaired) electrons. The summed E-state index contributed by atoms with van der Waals surface area (Å²) >= 11 is 0. The van der Waals surface area contributed by atoms with Crippen LogP contribution in [0, 0.1) is 0 Å². The third kappa shape index (κ3) is 2.91. The van der Waals surface area contributed by atoms with Gasteiger partial charge in [0, 0.05) is 5.69 Å². The van der Waals surface area contributed by atoms with E-state index < -0.39 is 10.1 Å². The normalized spacial score (nSPS) is 10.8. The molecule has 0 aliphatic carbocycles. The van der Waals surface area contributed by atoms with Crippen molar-refractivity contribution in [3.8, 4) is 0 Å². The Morgan fingerprint density at radius 3 is 2.38 bits per heavy atom. The second kappa shape index (κ2) is 4.91. The van der Waals surface area contributed by atoms with Gasteiger partial charge < -0.3 is 5.32 Å². The predicted octanol–water partition coefficient (Wildman–Crippen LogP) is 1.15. The van der Waals surface area contributed by atoms with E-state index in [0.29, 0.717) is 5.69 Å². The zero-order valence-electron chi connectivity index (χ0n) is 8.64. The van der Waals surface area contributed by atoms with E-state index in [9.17, 15) is 13.2 Å². The van der Waals surface area contributed by atoms with E-state index in [4.69, 9.17) is 0 Å². The molecule has 1 N–H and O–H groups in total. The highest BCUT2D eigenvalue weighted by atomic mass is 32.2. The van der Waals surface area contributed by atoms with Crippen LogP contribution in [0.5, 0.6) is 0 Å². The largest absolute Gasteiger partial charge is 0.323 e. The number of rotatable bonds is 4. The molecule has 0 spiro atoms. The van der Waals surface area contributed by atoms with Gasteiger partial charge in [-0.3, -0.25) is 8.98 Å². The molecule has 0 aliphatic rings. The molecule has 0 saturated carbocycles. The Labute approximate surface area is 93.9 Å². The van der Waals surface area contributed by atoms with E-state index in [2.05, 4.69) is 16.1 Å². The van der Waals surface area contributed by atoms with Crippen molar-refractivity contribution in [2.75, 3.05) is 12.4 Å². The molecule has 86 valence electrons. The van der Waals surface area contributed by atoms with Crippen molar-refractivity contribution in [1.29, 1.82) is 0 Å². The molecular formula is C10H11NO4S. The molecule has 5 nitrogen and oxygen atoms in total. The lowest BCUT2D eigenvalue weighted by Crippen LogP contribution is -2.08. The minimum absolute atomic E-state index is 0.0339. The van der Waals surface area contributed by atoms with Crippen molar-refractivity contribution < 1.29 is 17.4 Å². The van der Waals surface area contributed by atoms with Gasteiger partial charge in [0.2, 0.25) is 5.91 Å². The summed E-state index contributed by atoms with van der Waals surface area (Å²) in [4.78, 5) is 11.0. The third-order valence-electron chi connectivity index (χ3n) is 1.82. The van der Waals surface area contributed by atoms with E-state index in [1.807, 2.05) is 0 Å². The lowest BCUT2D eigenvalue weighted by Gasteiger charge is -2.04. The predicted molar refractivity (Wildman–Crippen MR) is 59.5 cm³/mol. The van der Waals surface area contributed by atoms with E-state index in [1.54, 1.807) is 0 Å². The second-order valence-corrected chi connectivity index (χ2v) is 4.55. The second-order valence-electron chi connectivity index (χ2n) is 2.84.